The SMILES string of the molecule is Cc1nn(-c2ccccc2)c(C)c1CCNC(=O)Cc1cccs1. The minimum absolute atomic E-state index is 0.0724. The predicted molar refractivity (Wildman–Crippen MR) is 97.8 cm³/mol. The van der Waals surface area contributed by atoms with Crippen LogP contribution in [0.5, 0.6) is 0 Å². The smallest absolute Gasteiger partial charge is 0.225 e. The van der Waals surface area contributed by atoms with E-state index in [0.717, 1.165) is 28.4 Å². The number of amides is 1. The highest BCUT2D eigenvalue weighted by Crippen LogP contribution is 2.18. The van der Waals surface area contributed by atoms with Crippen molar-refractivity contribution < 1.29 is 4.79 Å². The summed E-state index contributed by atoms with van der Waals surface area (Å²) in [5, 5.41) is 9.64. The van der Waals surface area contributed by atoms with Crippen LogP contribution in [-0.2, 0) is 17.6 Å². The molecule has 1 aromatic carbocycles. The Hall–Kier alpha value is -2.40. The van der Waals surface area contributed by atoms with E-state index >= 15 is 0 Å². The molecule has 0 aliphatic carbocycles. The van der Waals surface area contributed by atoms with Crippen LogP contribution >= 0.6 is 11.3 Å². The van der Waals surface area contributed by atoms with E-state index in [1.807, 2.05) is 59.5 Å². The van der Waals surface area contributed by atoms with Gasteiger partial charge in [0.15, 0.2) is 0 Å². The van der Waals surface area contributed by atoms with E-state index in [9.17, 15) is 4.79 Å². The third-order valence-corrected chi connectivity index (χ3v) is 4.93. The molecule has 1 amide bonds. The molecule has 0 unspecified atom stereocenters. The molecular weight excluding hydrogens is 318 g/mol. The summed E-state index contributed by atoms with van der Waals surface area (Å²) in [6.07, 6.45) is 1.25. The highest BCUT2D eigenvalue weighted by molar-refractivity contribution is 7.10. The van der Waals surface area contributed by atoms with Crippen LogP contribution in [0, 0.1) is 13.8 Å². The second-order valence-corrected chi connectivity index (χ2v) is 6.79. The third kappa shape index (κ3) is 3.74. The average Bonchev–Trinajstić information content (AvgIpc) is 3.18. The predicted octanol–water partition coefficient (Wildman–Crippen LogP) is 3.45. The molecule has 5 heteroatoms. The Bertz CT molecular complexity index is 807. The number of para-hydroxylation sites is 1. The minimum atomic E-state index is 0.0724. The fourth-order valence-corrected chi connectivity index (χ4v) is 3.52. The lowest BCUT2D eigenvalue weighted by atomic mass is 10.1. The lowest BCUT2D eigenvalue weighted by molar-refractivity contribution is -0.120. The molecule has 24 heavy (non-hydrogen) atoms. The van der Waals surface area contributed by atoms with Gasteiger partial charge in [-0.1, -0.05) is 24.3 Å². The Kier molecular flexibility index (Phi) is 5.11. The number of hydrogen-bond acceptors (Lipinski definition) is 3. The van der Waals surface area contributed by atoms with E-state index < -0.39 is 0 Å². The van der Waals surface area contributed by atoms with Crippen molar-refractivity contribution in [2.24, 2.45) is 0 Å². The minimum Gasteiger partial charge on any atom is -0.355 e. The standard InChI is InChI=1S/C19H21N3OS/c1-14-18(10-11-20-19(23)13-17-9-6-12-24-17)15(2)22(21-14)16-7-4-3-5-8-16/h3-9,12H,10-11,13H2,1-2H3,(H,20,23). The zero-order valence-corrected chi connectivity index (χ0v) is 14.8. The quantitative estimate of drug-likeness (QED) is 0.748. The Morgan fingerprint density at radius 3 is 2.67 bits per heavy atom. The van der Waals surface area contributed by atoms with Crippen LogP contribution in [0.15, 0.2) is 47.8 Å². The van der Waals surface area contributed by atoms with E-state index in [2.05, 4.69) is 17.3 Å². The molecule has 0 spiro atoms. The molecule has 0 saturated heterocycles. The number of benzene rings is 1. The average molecular weight is 339 g/mol. The number of aromatic nitrogens is 2. The highest BCUT2D eigenvalue weighted by atomic mass is 32.1. The van der Waals surface area contributed by atoms with E-state index in [-0.39, 0.29) is 5.91 Å². The molecule has 2 aromatic heterocycles. The monoisotopic (exact) mass is 339 g/mol. The van der Waals surface area contributed by atoms with Crippen molar-refractivity contribution in [1.82, 2.24) is 15.1 Å². The fourth-order valence-electron chi connectivity index (χ4n) is 2.82. The van der Waals surface area contributed by atoms with Gasteiger partial charge in [-0.05, 0) is 49.4 Å². The third-order valence-electron chi connectivity index (χ3n) is 4.05. The van der Waals surface area contributed by atoms with Crippen molar-refractivity contribution in [3.05, 3.63) is 69.7 Å². The van der Waals surface area contributed by atoms with Gasteiger partial charge in [-0.2, -0.15) is 5.10 Å². The van der Waals surface area contributed by atoms with Crippen LogP contribution in [0.1, 0.15) is 21.8 Å². The number of carbonyl (C=O) groups is 1. The van der Waals surface area contributed by atoms with Crippen LogP contribution in [0.4, 0.5) is 0 Å². The molecule has 1 N–H and O–H groups in total. The number of nitrogens with one attached hydrogen (secondary N) is 1. The summed E-state index contributed by atoms with van der Waals surface area (Å²) in [5.74, 6) is 0.0724. The molecule has 0 fully saturated rings. The lowest BCUT2D eigenvalue weighted by Crippen LogP contribution is -2.27. The second-order valence-electron chi connectivity index (χ2n) is 5.75. The summed E-state index contributed by atoms with van der Waals surface area (Å²) >= 11 is 1.61. The summed E-state index contributed by atoms with van der Waals surface area (Å²) in [4.78, 5) is 13.1. The number of nitrogens with zero attached hydrogens (tertiary/aromatic N) is 2. The van der Waals surface area contributed by atoms with Crippen molar-refractivity contribution >= 4 is 17.2 Å². The number of carbonyl (C=O) groups excluding carboxylic acids is 1. The number of thiophene rings is 1. The largest absolute Gasteiger partial charge is 0.355 e. The van der Waals surface area contributed by atoms with Crippen molar-refractivity contribution in [3.8, 4) is 5.69 Å². The van der Waals surface area contributed by atoms with E-state index in [1.54, 1.807) is 11.3 Å². The number of rotatable bonds is 6. The normalized spacial score (nSPS) is 10.8. The summed E-state index contributed by atoms with van der Waals surface area (Å²) in [5.41, 5.74) is 4.41. The molecule has 0 bridgehead atoms. The molecule has 0 aliphatic heterocycles. The van der Waals surface area contributed by atoms with Crippen LogP contribution in [0.2, 0.25) is 0 Å². The van der Waals surface area contributed by atoms with Gasteiger partial charge in [0, 0.05) is 17.1 Å². The van der Waals surface area contributed by atoms with Gasteiger partial charge in [0.1, 0.15) is 0 Å². The summed E-state index contributed by atoms with van der Waals surface area (Å²) in [7, 11) is 0. The van der Waals surface area contributed by atoms with Crippen LogP contribution < -0.4 is 5.32 Å². The molecule has 0 saturated carbocycles. The Balaban J connectivity index is 1.61. The molecule has 0 radical (unpaired) electrons. The van der Waals surface area contributed by atoms with Gasteiger partial charge < -0.3 is 5.32 Å². The maximum absolute atomic E-state index is 12.0. The molecule has 0 aliphatic rings. The van der Waals surface area contributed by atoms with E-state index in [4.69, 9.17) is 0 Å². The first-order chi connectivity index (χ1) is 11.6. The molecule has 0 atom stereocenters. The maximum atomic E-state index is 12.0. The van der Waals surface area contributed by atoms with Gasteiger partial charge in [0.25, 0.3) is 0 Å². The van der Waals surface area contributed by atoms with Crippen LogP contribution in [-0.4, -0.2) is 22.2 Å². The zero-order chi connectivity index (χ0) is 16.9. The summed E-state index contributed by atoms with van der Waals surface area (Å²) < 4.78 is 1.97. The maximum Gasteiger partial charge on any atom is 0.225 e. The Labute approximate surface area is 146 Å². The second kappa shape index (κ2) is 7.45. The molecule has 3 aromatic rings. The van der Waals surface area contributed by atoms with Crippen molar-refractivity contribution in [1.29, 1.82) is 0 Å². The summed E-state index contributed by atoms with van der Waals surface area (Å²) in [6, 6.07) is 14.1. The first kappa shape index (κ1) is 16.5. The molecule has 2 heterocycles. The van der Waals surface area contributed by atoms with Crippen LogP contribution in [0.3, 0.4) is 0 Å². The van der Waals surface area contributed by atoms with E-state index in [1.165, 1.54) is 5.56 Å². The molecular formula is C19H21N3OS. The first-order valence-electron chi connectivity index (χ1n) is 8.05. The van der Waals surface area contributed by atoms with Gasteiger partial charge >= 0.3 is 0 Å². The molecule has 3 rings (SSSR count). The van der Waals surface area contributed by atoms with Gasteiger partial charge in [0.05, 0.1) is 17.8 Å². The Morgan fingerprint density at radius 2 is 1.96 bits per heavy atom. The van der Waals surface area contributed by atoms with Crippen molar-refractivity contribution in [2.75, 3.05) is 6.54 Å². The lowest BCUT2D eigenvalue weighted by Gasteiger charge is -2.06. The summed E-state index contributed by atoms with van der Waals surface area (Å²) in [6.45, 7) is 4.73. The molecule has 4 nitrogen and oxygen atoms in total. The highest BCUT2D eigenvalue weighted by Gasteiger charge is 2.13. The number of hydrogen-bond donors (Lipinski definition) is 1. The van der Waals surface area contributed by atoms with E-state index in [0.29, 0.717) is 13.0 Å². The van der Waals surface area contributed by atoms with Gasteiger partial charge in [0.2, 0.25) is 5.91 Å². The van der Waals surface area contributed by atoms with Crippen molar-refractivity contribution in [2.45, 2.75) is 26.7 Å². The van der Waals surface area contributed by atoms with Crippen LogP contribution in [0.25, 0.3) is 5.69 Å². The first-order valence-corrected chi connectivity index (χ1v) is 8.92. The van der Waals surface area contributed by atoms with Gasteiger partial charge in [-0.3, -0.25) is 4.79 Å². The van der Waals surface area contributed by atoms with Crippen molar-refractivity contribution in [3.63, 3.8) is 0 Å². The fraction of sp³-hybridized carbons (Fsp3) is 0.263. The zero-order valence-electron chi connectivity index (χ0n) is 14.0. The molecule has 124 valence electrons. The topological polar surface area (TPSA) is 46.9 Å². The van der Waals surface area contributed by atoms with Gasteiger partial charge in [-0.25, -0.2) is 4.68 Å². The van der Waals surface area contributed by atoms with Gasteiger partial charge in [-0.15, -0.1) is 11.3 Å². The Morgan fingerprint density at radius 1 is 1.17 bits per heavy atom. The number of aryl methyl sites for hydroxylation is 1.